The second-order valence-corrected chi connectivity index (χ2v) is 5.66. The van der Waals surface area contributed by atoms with Crippen LogP contribution in [0.15, 0.2) is 18.2 Å². The zero-order chi connectivity index (χ0) is 15.5. The Morgan fingerprint density at radius 1 is 1.29 bits per heavy atom. The molecule has 1 saturated heterocycles. The van der Waals surface area contributed by atoms with Crippen LogP contribution in [-0.2, 0) is 9.53 Å². The van der Waals surface area contributed by atoms with Gasteiger partial charge in [0.25, 0.3) is 5.91 Å². The number of carbonyl (C=O) groups excluding carboxylic acids is 1. The standard InChI is InChI=1S/C16H21NO4/c1-11-4-3-5-13(12(11)2)15(20)17-16(10-14(18)19)6-8-21-9-7-16/h3-5H,6-10H2,1-2H3,(H,17,20)(H,18,19). The topological polar surface area (TPSA) is 75.6 Å². The molecule has 2 rings (SSSR count). The van der Waals surface area contributed by atoms with E-state index in [-0.39, 0.29) is 12.3 Å². The molecule has 1 aliphatic heterocycles. The van der Waals surface area contributed by atoms with E-state index in [1.165, 1.54) is 0 Å². The summed E-state index contributed by atoms with van der Waals surface area (Å²) in [6.45, 7) is 4.80. The third-order valence-corrected chi connectivity index (χ3v) is 4.17. The summed E-state index contributed by atoms with van der Waals surface area (Å²) >= 11 is 0. The van der Waals surface area contributed by atoms with Gasteiger partial charge in [0, 0.05) is 18.8 Å². The summed E-state index contributed by atoms with van der Waals surface area (Å²) in [4.78, 5) is 23.6. The number of benzene rings is 1. The third kappa shape index (κ3) is 3.61. The van der Waals surface area contributed by atoms with Crippen LogP contribution in [0, 0.1) is 13.8 Å². The van der Waals surface area contributed by atoms with Crippen LogP contribution < -0.4 is 5.32 Å². The molecule has 0 bridgehead atoms. The predicted octanol–water partition coefficient (Wildman–Crippen LogP) is 2.06. The van der Waals surface area contributed by atoms with Gasteiger partial charge in [-0.1, -0.05) is 12.1 Å². The van der Waals surface area contributed by atoms with Gasteiger partial charge in [-0.2, -0.15) is 0 Å². The lowest BCUT2D eigenvalue weighted by atomic mass is 9.86. The van der Waals surface area contributed by atoms with Crippen LogP contribution in [-0.4, -0.2) is 35.7 Å². The van der Waals surface area contributed by atoms with Crippen molar-refractivity contribution in [1.29, 1.82) is 0 Å². The minimum atomic E-state index is -0.904. The SMILES string of the molecule is Cc1cccc(C(=O)NC2(CC(=O)O)CCOCC2)c1C. The number of hydrogen-bond acceptors (Lipinski definition) is 3. The number of rotatable bonds is 4. The van der Waals surface area contributed by atoms with Crippen LogP contribution in [0.2, 0.25) is 0 Å². The van der Waals surface area contributed by atoms with Crippen molar-refractivity contribution in [2.24, 2.45) is 0 Å². The third-order valence-electron chi connectivity index (χ3n) is 4.17. The molecule has 0 aliphatic carbocycles. The van der Waals surface area contributed by atoms with E-state index in [9.17, 15) is 9.59 Å². The Kier molecular flexibility index (Phi) is 4.63. The fourth-order valence-corrected chi connectivity index (χ4v) is 2.70. The Morgan fingerprint density at radius 2 is 1.95 bits per heavy atom. The van der Waals surface area contributed by atoms with Crippen molar-refractivity contribution in [1.82, 2.24) is 5.32 Å². The van der Waals surface area contributed by atoms with E-state index >= 15 is 0 Å². The van der Waals surface area contributed by atoms with Gasteiger partial charge in [-0.15, -0.1) is 0 Å². The average molecular weight is 291 g/mol. The number of amides is 1. The Hall–Kier alpha value is -1.88. The summed E-state index contributed by atoms with van der Waals surface area (Å²) in [6.07, 6.45) is 0.971. The first-order chi connectivity index (χ1) is 9.93. The van der Waals surface area contributed by atoms with E-state index in [2.05, 4.69) is 5.32 Å². The minimum absolute atomic E-state index is 0.0764. The van der Waals surface area contributed by atoms with Crippen LogP contribution in [0.25, 0.3) is 0 Å². The van der Waals surface area contributed by atoms with Crippen LogP contribution in [0.3, 0.4) is 0 Å². The first-order valence-electron chi connectivity index (χ1n) is 7.12. The minimum Gasteiger partial charge on any atom is -0.481 e. The average Bonchev–Trinajstić information content (AvgIpc) is 2.41. The van der Waals surface area contributed by atoms with Crippen molar-refractivity contribution in [3.8, 4) is 0 Å². The quantitative estimate of drug-likeness (QED) is 0.890. The van der Waals surface area contributed by atoms with Gasteiger partial charge in [-0.05, 0) is 43.9 Å². The Bertz CT molecular complexity index is 547. The smallest absolute Gasteiger partial charge is 0.305 e. The predicted molar refractivity (Wildman–Crippen MR) is 78.4 cm³/mol. The highest BCUT2D eigenvalue weighted by molar-refractivity contribution is 5.96. The molecule has 1 aromatic rings. The van der Waals surface area contributed by atoms with Gasteiger partial charge in [-0.3, -0.25) is 9.59 Å². The van der Waals surface area contributed by atoms with Crippen LogP contribution in [0.1, 0.15) is 40.7 Å². The molecule has 1 amide bonds. The number of carbonyl (C=O) groups is 2. The first kappa shape index (κ1) is 15.5. The van der Waals surface area contributed by atoms with E-state index in [0.717, 1.165) is 11.1 Å². The summed E-state index contributed by atoms with van der Waals surface area (Å²) in [5.41, 5.74) is 1.86. The monoisotopic (exact) mass is 291 g/mol. The molecule has 5 nitrogen and oxygen atoms in total. The molecule has 0 radical (unpaired) electrons. The van der Waals surface area contributed by atoms with Crippen molar-refractivity contribution >= 4 is 11.9 Å². The Balaban J connectivity index is 2.21. The molecule has 0 saturated carbocycles. The second-order valence-electron chi connectivity index (χ2n) is 5.66. The molecule has 1 fully saturated rings. The van der Waals surface area contributed by atoms with Gasteiger partial charge in [0.05, 0.1) is 12.0 Å². The van der Waals surface area contributed by atoms with Crippen molar-refractivity contribution in [2.75, 3.05) is 13.2 Å². The number of ether oxygens (including phenoxy) is 1. The molecule has 21 heavy (non-hydrogen) atoms. The molecule has 2 N–H and O–H groups in total. The van der Waals surface area contributed by atoms with E-state index in [1.807, 2.05) is 26.0 Å². The highest BCUT2D eigenvalue weighted by Crippen LogP contribution is 2.26. The lowest BCUT2D eigenvalue weighted by molar-refractivity contribution is -0.139. The van der Waals surface area contributed by atoms with Crippen molar-refractivity contribution < 1.29 is 19.4 Å². The molecule has 114 valence electrons. The molecule has 1 aromatic carbocycles. The highest BCUT2D eigenvalue weighted by Gasteiger charge is 2.36. The maximum Gasteiger partial charge on any atom is 0.305 e. The fraction of sp³-hybridized carbons (Fsp3) is 0.500. The molecule has 0 atom stereocenters. The van der Waals surface area contributed by atoms with E-state index in [0.29, 0.717) is 31.6 Å². The summed E-state index contributed by atoms with van der Waals surface area (Å²) in [5, 5.41) is 12.1. The summed E-state index contributed by atoms with van der Waals surface area (Å²) in [5.74, 6) is -1.11. The molecular formula is C16H21NO4. The fourth-order valence-electron chi connectivity index (χ4n) is 2.70. The summed E-state index contributed by atoms with van der Waals surface area (Å²) in [7, 11) is 0. The van der Waals surface area contributed by atoms with Crippen LogP contribution in [0.4, 0.5) is 0 Å². The maximum atomic E-state index is 12.5. The number of aliphatic carboxylic acids is 1. The molecule has 5 heteroatoms. The van der Waals surface area contributed by atoms with Crippen LogP contribution >= 0.6 is 0 Å². The highest BCUT2D eigenvalue weighted by atomic mass is 16.5. The molecule has 0 unspecified atom stereocenters. The summed E-state index contributed by atoms with van der Waals surface area (Å²) < 4.78 is 5.29. The first-order valence-corrected chi connectivity index (χ1v) is 7.12. The number of carboxylic acids is 1. The largest absolute Gasteiger partial charge is 0.481 e. The van der Waals surface area contributed by atoms with E-state index in [1.54, 1.807) is 6.07 Å². The second kappa shape index (κ2) is 6.26. The van der Waals surface area contributed by atoms with Crippen LogP contribution in [0.5, 0.6) is 0 Å². The van der Waals surface area contributed by atoms with Crippen molar-refractivity contribution in [3.05, 3.63) is 34.9 Å². The van der Waals surface area contributed by atoms with Crippen molar-refractivity contribution in [2.45, 2.75) is 38.6 Å². The molecule has 0 spiro atoms. The molecule has 1 aliphatic rings. The normalized spacial score (nSPS) is 17.2. The van der Waals surface area contributed by atoms with Gasteiger partial charge >= 0.3 is 5.97 Å². The molecular weight excluding hydrogens is 270 g/mol. The lowest BCUT2D eigenvalue weighted by Crippen LogP contribution is -2.53. The maximum absolute atomic E-state index is 12.5. The molecule has 1 heterocycles. The van der Waals surface area contributed by atoms with Gasteiger partial charge < -0.3 is 15.2 Å². The summed E-state index contributed by atoms with van der Waals surface area (Å²) in [6, 6.07) is 5.56. The Labute approximate surface area is 124 Å². The zero-order valence-electron chi connectivity index (χ0n) is 12.4. The van der Waals surface area contributed by atoms with E-state index in [4.69, 9.17) is 9.84 Å². The van der Waals surface area contributed by atoms with E-state index < -0.39 is 11.5 Å². The lowest BCUT2D eigenvalue weighted by Gasteiger charge is -2.37. The van der Waals surface area contributed by atoms with Crippen molar-refractivity contribution in [3.63, 3.8) is 0 Å². The van der Waals surface area contributed by atoms with Gasteiger partial charge in [0.15, 0.2) is 0 Å². The number of carboxylic acid groups (broad SMARTS) is 1. The Morgan fingerprint density at radius 3 is 2.57 bits per heavy atom. The number of aryl methyl sites for hydroxylation is 1. The number of nitrogens with one attached hydrogen (secondary N) is 1. The molecule has 0 aromatic heterocycles. The zero-order valence-corrected chi connectivity index (χ0v) is 12.4. The van der Waals surface area contributed by atoms with Gasteiger partial charge in [0.1, 0.15) is 0 Å². The van der Waals surface area contributed by atoms with Gasteiger partial charge in [0.2, 0.25) is 0 Å². The number of hydrogen-bond donors (Lipinski definition) is 2. The van der Waals surface area contributed by atoms with Gasteiger partial charge in [-0.25, -0.2) is 0 Å².